The molecule has 7 nitrogen and oxygen atoms in total. The monoisotopic (exact) mass is 398 g/mol. The Morgan fingerprint density at radius 3 is 2.31 bits per heavy atom. The van der Waals surface area contributed by atoms with Crippen molar-refractivity contribution in [1.29, 1.82) is 0 Å². The first-order valence-corrected chi connectivity index (χ1v) is 9.79. The predicted molar refractivity (Wildman–Crippen MR) is 111 cm³/mol. The molecule has 1 aliphatic rings. The summed E-state index contributed by atoms with van der Waals surface area (Å²) in [5.41, 5.74) is 1.64. The van der Waals surface area contributed by atoms with Gasteiger partial charge in [-0.3, -0.25) is 10.1 Å². The first-order chi connectivity index (χ1) is 14.1. The van der Waals surface area contributed by atoms with Crippen LogP contribution in [0, 0.1) is 0 Å². The van der Waals surface area contributed by atoms with Gasteiger partial charge < -0.3 is 19.5 Å². The molecule has 154 valence electrons. The summed E-state index contributed by atoms with van der Waals surface area (Å²) in [5.74, 6) is 1.01. The van der Waals surface area contributed by atoms with Crippen LogP contribution in [0.15, 0.2) is 42.5 Å². The van der Waals surface area contributed by atoms with Crippen LogP contribution in [0.1, 0.15) is 43.0 Å². The fraction of sp³-hybridized carbons (Fsp3) is 0.364. The molecular weight excluding hydrogens is 372 g/mol. The average molecular weight is 398 g/mol. The van der Waals surface area contributed by atoms with E-state index in [0.717, 1.165) is 12.8 Å². The molecule has 0 aromatic heterocycles. The van der Waals surface area contributed by atoms with Crippen molar-refractivity contribution >= 4 is 23.4 Å². The molecule has 2 aromatic rings. The molecule has 2 aromatic carbocycles. The zero-order valence-corrected chi connectivity index (χ0v) is 16.7. The molecule has 2 amide bonds. The number of anilines is 2. The number of hydrogen-bond acceptors (Lipinski definition) is 5. The van der Waals surface area contributed by atoms with E-state index in [4.69, 9.17) is 14.2 Å². The fourth-order valence-electron chi connectivity index (χ4n) is 3.23. The van der Waals surface area contributed by atoms with Gasteiger partial charge in [-0.15, -0.1) is 0 Å². The summed E-state index contributed by atoms with van der Waals surface area (Å²) < 4.78 is 16.3. The third-order valence-electron chi connectivity index (χ3n) is 4.69. The number of benzene rings is 2. The van der Waals surface area contributed by atoms with Crippen LogP contribution in [0.25, 0.3) is 0 Å². The minimum atomic E-state index is -0.530. The second-order valence-electron chi connectivity index (χ2n) is 6.77. The number of amides is 2. The third kappa shape index (κ3) is 5.63. The summed E-state index contributed by atoms with van der Waals surface area (Å²) in [7, 11) is 1.60. The Kier molecular flexibility index (Phi) is 6.94. The Bertz CT molecular complexity index is 845. The molecule has 0 unspecified atom stereocenters. The summed E-state index contributed by atoms with van der Waals surface area (Å²) in [6, 6.07) is 11.9. The topological polar surface area (TPSA) is 85.9 Å². The van der Waals surface area contributed by atoms with E-state index in [1.807, 2.05) is 0 Å². The van der Waals surface area contributed by atoms with E-state index in [-0.39, 0.29) is 12.0 Å². The normalized spacial score (nSPS) is 13.6. The Morgan fingerprint density at radius 1 is 0.966 bits per heavy atom. The molecule has 0 bridgehead atoms. The lowest BCUT2D eigenvalue weighted by Crippen LogP contribution is -2.15. The maximum atomic E-state index is 12.6. The van der Waals surface area contributed by atoms with Gasteiger partial charge in [0.25, 0.3) is 5.91 Å². The predicted octanol–water partition coefficient (Wildman–Crippen LogP) is 4.84. The lowest BCUT2D eigenvalue weighted by atomic mass is 10.2. The van der Waals surface area contributed by atoms with Crippen molar-refractivity contribution in [3.05, 3.63) is 48.0 Å². The summed E-state index contributed by atoms with van der Waals surface area (Å²) in [6.07, 6.45) is 4.07. The first-order valence-electron chi connectivity index (χ1n) is 9.79. The van der Waals surface area contributed by atoms with E-state index in [2.05, 4.69) is 10.6 Å². The summed E-state index contributed by atoms with van der Waals surface area (Å²) >= 11 is 0. The lowest BCUT2D eigenvalue weighted by molar-refractivity contribution is 0.102. The number of carbonyl (C=O) groups is 2. The average Bonchev–Trinajstić information content (AvgIpc) is 3.22. The fourth-order valence-corrected chi connectivity index (χ4v) is 3.23. The van der Waals surface area contributed by atoms with E-state index < -0.39 is 6.09 Å². The van der Waals surface area contributed by atoms with Gasteiger partial charge in [-0.25, -0.2) is 4.79 Å². The van der Waals surface area contributed by atoms with Crippen LogP contribution in [0.2, 0.25) is 0 Å². The standard InChI is InChI=1S/C22H26N2O5/c1-3-28-22(26)24-16-10-8-15(9-11-16)21(25)23-17-12-13-19(27-2)20(14-17)29-18-6-4-5-7-18/h8-14,18H,3-7H2,1-2H3,(H,23,25)(H,24,26). The van der Waals surface area contributed by atoms with Crippen LogP contribution in [0.3, 0.4) is 0 Å². The minimum Gasteiger partial charge on any atom is -0.493 e. The highest BCUT2D eigenvalue weighted by molar-refractivity contribution is 6.04. The van der Waals surface area contributed by atoms with Crippen LogP contribution in [-0.4, -0.2) is 31.8 Å². The van der Waals surface area contributed by atoms with Crippen molar-refractivity contribution in [2.75, 3.05) is 24.4 Å². The largest absolute Gasteiger partial charge is 0.493 e. The molecule has 1 fully saturated rings. The van der Waals surface area contributed by atoms with Crippen molar-refractivity contribution in [1.82, 2.24) is 0 Å². The molecule has 2 N–H and O–H groups in total. The Hall–Kier alpha value is -3.22. The number of carbonyl (C=O) groups excluding carboxylic acids is 2. The Labute approximate surface area is 170 Å². The summed E-state index contributed by atoms with van der Waals surface area (Å²) in [4.78, 5) is 24.0. The summed E-state index contributed by atoms with van der Waals surface area (Å²) in [5, 5.41) is 5.46. The molecule has 0 radical (unpaired) electrons. The highest BCUT2D eigenvalue weighted by Gasteiger charge is 2.19. The number of ether oxygens (including phenoxy) is 3. The number of rotatable bonds is 7. The van der Waals surface area contributed by atoms with Gasteiger partial charge in [-0.2, -0.15) is 0 Å². The van der Waals surface area contributed by atoms with Crippen molar-refractivity contribution in [2.24, 2.45) is 0 Å². The van der Waals surface area contributed by atoms with Crippen molar-refractivity contribution in [3.63, 3.8) is 0 Å². The van der Waals surface area contributed by atoms with Gasteiger partial charge in [-0.1, -0.05) is 0 Å². The highest BCUT2D eigenvalue weighted by atomic mass is 16.5. The van der Waals surface area contributed by atoms with Crippen molar-refractivity contribution in [3.8, 4) is 11.5 Å². The first kappa shape index (κ1) is 20.5. The molecule has 1 aliphatic carbocycles. The molecule has 3 rings (SSSR count). The van der Waals surface area contributed by atoms with E-state index in [1.54, 1.807) is 56.5 Å². The molecule has 0 aliphatic heterocycles. The lowest BCUT2D eigenvalue weighted by Gasteiger charge is -2.17. The number of hydrogen-bond donors (Lipinski definition) is 2. The quantitative estimate of drug-likeness (QED) is 0.697. The van der Waals surface area contributed by atoms with E-state index in [0.29, 0.717) is 35.0 Å². The van der Waals surface area contributed by atoms with Gasteiger partial charge in [-0.05, 0) is 69.0 Å². The third-order valence-corrected chi connectivity index (χ3v) is 4.69. The molecule has 7 heteroatoms. The van der Waals surface area contributed by atoms with Gasteiger partial charge in [0.05, 0.1) is 19.8 Å². The van der Waals surface area contributed by atoms with Crippen LogP contribution < -0.4 is 20.1 Å². The Morgan fingerprint density at radius 2 is 1.66 bits per heavy atom. The molecular formula is C22H26N2O5. The van der Waals surface area contributed by atoms with Gasteiger partial charge in [0.2, 0.25) is 0 Å². The highest BCUT2D eigenvalue weighted by Crippen LogP contribution is 2.34. The molecule has 0 atom stereocenters. The van der Waals surface area contributed by atoms with Gasteiger partial charge in [0.1, 0.15) is 0 Å². The maximum Gasteiger partial charge on any atom is 0.411 e. The maximum absolute atomic E-state index is 12.6. The molecule has 0 heterocycles. The zero-order valence-electron chi connectivity index (χ0n) is 16.7. The summed E-state index contributed by atoms with van der Waals surface area (Å²) in [6.45, 7) is 2.02. The zero-order chi connectivity index (χ0) is 20.6. The number of methoxy groups -OCH3 is 1. The minimum absolute atomic E-state index is 0.189. The SMILES string of the molecule is CCOC(=O)Nc1ccc(C(=O)Nc2ccc(OC)c(OC3CCCC3)c2)cc1. The molecule has 29 heavy (non-hydrogen) atoms. The van der Waals surface area contributed by atoms with Crippen LogP contribution >= 0.6 is 0 Å². The number of nitrogens with one attached hydrogen (secondary N) is 2. The van der Waals surface area contributed by atoms with E-state index in [1.165, 1.54) is 12.8 Å². The van der Waals surface area contributed by atoms with Gasteiger partial charge >= 0.3 is 6.09 Å². The van der Waals surface area contributed by atoms with E-state index in [9.17, 15) is 9.59 Å². The second-order valence-corrected chi connectivity index (χ2v) is 6.77. The smallest absolute Gasteiger partial charge is 0.411 e. The van der Waals surface area contributed by atoms with Crippen LogP contribution in [-0.2, 0) is 4.74 Å². The van der Waals surface area contributed by atoms with E-state index >= 15 is 0 Å². The Balaban J connectivity index is 1.65. The van der Waals surface area contributed by atoms with Crippen LogP contribution in [0.5, 0.6) is 11.5 Å². The van der Waals surface area contributed by atoms with Gasteiger partial charge in [0, 0.05) is 23.0 Å². The molecule has 0 spiro atoms. The van der Waals surface area contributed by atoms with Crippen LogP contribution in [0.4, 0.5) is 16.2 Å². The molecule has 1 saturated carbocycles. The van der Waals surface area contributed by atoms with Crippen molar-refractivity contribution < 1.29 is 23.8 Å². The molecule has 0 saturated heterocycles. The van der Waals surface area contributed by atoms with Crippen molar-refractivity contribution in [2.45, 2.75) is 38.7 Å². The second kappa shape index (κ2) is 9.82. The van der Waals surface area contributed by atoms with Gasteiger partial charge in [0.15, 0.2) is 11.5 Å².